The van der Waals surface area contributed by atoms with E-state index in [-0.39, 0.29) is 12.4 Å². The van der Waals surface area contributed by atoms with Crippen LogP contribution in [-0.4, -0.2) is 27.0 Å². The average molecular weight is 264 g/mol. The molecule has 0 aliphatic rings. The van der Waals surface area contributed by atoms with Crippen LogP contribution in [0.5, 0.6) is 11.5 Å². The molecule has 0 amide bonds. The summed E-state index contributed by atoms with van der Waals surface area (Å²) >= 11 is 1.64. The first-order valence-corrected chi connectivity index (χ1v) is 5.98. The van der Waals surface area contributed by atoms with Gasteiger partial charge in [-0.3, -0.25) is 0 Å². The second-order valence-corrected chi connectivity index (χ2v) is 3.91. The van der Waals surface area contributed by atoms with Gasteiger partial charge >= 0.3 is 0 Å². The Labute approximate surface area is 107 Å². The maximum Gasteiger partial charge on any atom is 0.132 e. The summed E-state index contributed by atoms with van der Waals surface area (Å²) in [6, 6.07) is 3.99. The van der Waals surface area contributed by atoms with Crippen LogP contribution in [0.4, 0.5) is 0 Å². The number of halogens is 1. The fraction of sp³-hybridized carbons (Fsp3) is 0.455. The zero-order valence-corrected chi connectivity index (χ0v) is 11.4. The minimum absolute atomic E-state index is 0. The van der Waals surface area contributed by atoms with Gasteiger partial charge in [-0.15, -0.1) is 24.2 Å². The SMILES string of the molecule is COc1cc(SC)c(OC)cc1CCN.Cl. The average Bonchev–Trinajstić information content (AvgIpc) is 2.28. The molecule has 16 heavy (non-hydrogen) atoms. The van der Waals surface area contributed by atoms with Crippen molar-refractivity contribution in [2.75, 3.05) is 27.0 Å². The molecule has 3 nitrogen and oxygen atoms in total. The first kappa shape index (κ1) is 15.4. The lowest BCUT2D eigenvalue weighted by atomic mass is 10.1. The van der Waals surface area contributed by atoms with E-state index in [1.165, 1.54) is 0 Å². The van der Waals surface area contributed by atoms with Crippen molar-refractivity contribution in [3.8, 4) is 11.5 Å². The molecule has 0 aliphatic heterocycles. The van der Waals surface area contributed by atoms with Crippen LogP contribution in [0.1, 0.15) is 5.56 Å². The molecule has 0 aliphatic carbocycles. The van der Waals surface area contributed by atoms with Gasteiger partial charge in [0.15, 0.2) is 0 Å². The summed E-state index contributed by atoms with van der Waals surface area (Å²) in [5, 5.41) is 0. The number of methoxy groups -OCH3 is 2. The molecule has 2 N–H and O–H groups in total. The second kappa shape index (κ2) is 7.65. The highest BCUT2D eigenvalue weighted by molar-refractivity contribution is 7.98. The van der Waals surface area contributed by atoms with Crippen molar-refractivity contribution < 1.29 is 9.47 Å². The summed E-state index contributed by atoms with van der Waals surface area (Å²) in [5.41, 5.74) is 6.64. The highest BCUT2D eigenvalue weighted by Gasteiger charge is 2.09. The highest BCUT2D eigenvalue weighted by Crippen LogP contribution is 2.34. The summed E-state index contributed by atoms with van der Waals surface area (Å²) in [6.45, 7) is 0.609. The van der Waals surface area contributed by atoms with Crippen LogP contribution in [0.2, 0.25) is 0 Å². The van der Waals surface area contributed by atoms with Gasteiger partial charge in [0.25, 0.3) is 0 Å². The molecule has 0 radical (unpaired) electrons. The Balaban J connectivity index is 0.00000225. The van der Waals surface area contributed by atoms with E-state index in [9.17, 15) is 0 Å². The smallest absolute Gasteiger partial charge is 0.132 e. The van der Waals surface area contributed by atoms with Crippen molar-refractivity contribution in [3.05, 3.63) is 17.7 Å². The first-order valence-electron chi connectivity index (χ1n) is 4.75. The molecule has 5 heteroatoms. The van der Waals surface area contributed by atoms with E-state index in [0.29, 0.717) is 6.54 Å². The number of ether oxygens (including phenoxy) is 2. The molecule has 0 heterocycles. The number of hydrogen-bond acceptors (Lipinski definition) is 4. The van der Waals surface area contributed by atoms with Crippen LogP contribution in [0.15, 0.2) is 17.0 Å². The monoisotopic (exact) mass is 263 g/mol. The molecule has 0 saturated carbocycles. The lowest BCUT2D eigenvalue weighted by Gasteiger charge is -2.13. The predicted octanol–water partition coefficient (Wildman–Crippen LogP) is 2.35. The zero-order valence-electron chi connectivity index (χ0n) is 9.78. The van der Waals surface area contributed by atoms with Crippen molar-refractivity contribution in [1.29, 1.82) is 0 Å². The van der Waals surface area contributed by atoms with Crippen molar-refractivity contribution in [1.82, 2.24) is 0 Å². The molecular weight excluding hydrogens is 246 g/mol. The largest absolute Gasteiger partial charge is 0.496 e. The van der Waals surface area contributed by atoms with Gasteiger partial charge in [0.05, 0.1) is 19.1 Å². The quantitative estimate of drug-likeness (QED) is 0.829. The van der Waals surface area contributed by atoms with Crippen LogP contribution in [0.3, 0.4) is 0 Å². The molecule has 92 valence electrons. The first-order chi connectivity index (χ1) is 7.26. The third-order valence-electron chi connectivity index (χ3n) is 2.20. The Morgan fingerprint density at radius 3 is 2.25 bits per heavy atom. The van der Waals surface area contributed by atoms with E-state index < -0.39 is 0 Å². The molecular formula is C11H18ClNO2S. The van der Waals surface area contributed by atoms with Crippen LogP contribution in [0, 0.1) is 0 Å². The molecule has 1 aromatic rings. The molecule has 0 aromatic heterocycles. The maximum absolute atomic E-state index is 5.54. The van der Waals surface area contributed by atoms with Crippen LogP contribution < -0.4 is 15.2 Å². The van der Waals surface area contributed by atoms with Crippen molar-refractivity contribution in [2.24, 2.45) is 5.73 Å². The summed E-state index contributed by atoms with van der Waals surface area (Å²) < 4.78 is 10.6. The molecule has 0 fully saturated rings. The van der Waals surface area contributed by atoms with Crippen LogP contribution in [-0.2, 0) is 6.42 Å². The van der Waals surface area contributed by atoms with Crippen LogP contribution in [0.25, 0.3) is 0 Å². The second-order valence-electron chi connectivity index (χ2n) is 3.06. The van der Waals surface area contributed by atoms with E-state index in [4.69, 9.17) is 15.2 Å². The maximum atomic E-state index is 5.54. The number of thioether (sulfide) groups is 1. The lowest BCUT2D eigenvalue weighted by Crippen LogP contribution is -2.05. The van der Waals surface area contributed by atoms with Gasteiger partial charge in [0.1, 0.15) is 11.5 Å². The third kappa shape index (κ3) is 3.47. The number of benzene rings is 1. The molecule has 0 bridgehead atoms. The van der Waals surface area contributed by atoms with E-state index >= 15 is 0 Å². The molecule has 0 spiro atoms. The van der Waals surface area contributed by atoms with Crippen LogP contribution >= 0.6 is 24.2 Å². The van der Waals surface area contributed by atoms with Gasteiger partial charge in [-0.2, -0.15) is 0 Å². The number of rotatable bonds is 5. The molecule has 1 aromatic carbocycles. The predicted molar refractivity (Wildman–Crippen MR) is 71.3 cm³/mol. The fourth-order valence-electron chi connectivity index (χ4n) is 1.44. The lowest BCUT2D eigenvalue weighted by molar-refractivity contribution is 0.390. The van der Waals surface area contributed by atoms with Crippen molar-refractivity contribution in [2.45, 2.75) is 11.3 Å². The summed E-state index contributed by atoms with van der Waals surface area (Å²) in [7, 11) is 3.35. The summed E-state index contributed by atoms with van der Waals surface area (Å²) in [6.07, 6.45) is 2.81. The van der Waals surface area contributed by atoms with E-state index in [1.54, 1.807) is 26.0 Å². The van der Waals surface area contributed by atoms with Gasteiger partial charge in [0, 0.05) is 0 Å². The Bertz CT molecular complexity index is 334. The Morgan fingerprint density at radius 2 is 1.81 bits per heavy atom. The fourth-order valence-corrected chi connectivity index (χ4v) is 2.01. The van der Waals surface area contributed by atoms with Crippen molar-refractivity contribution >= 4 is 24.2 Å². The molecule has 0 saturated heterocycles. The standard InChI is InChI=1S/C11H17NO2S.ClH/c1-13-9-7-11(15-3)10(14-2)6-8(9)4-5-12;/h6-7H,4-5,12H2,1-3H3;1H. The normalized spacial score (nSPS) is 9.50. The number of hydrogen-bond donors (Lipinski definition) is 1. The zero-order chi connectivity index (χ0) is 11.3. The Morgan fingerprint density at radius 1 is 1.19 bits per heavy atom. The van der Waals surface area contributed by atoms with Gasteiger partial charge in [-0.1, -0.05) is 0 Å². The molecule has 1 rings (SSSR count). The van der Waals surface area contributed by atoms with Gasteiger partial charge < -0.3 is 15.2 Å². The Kier molecular flexibility index (Phi) is 7.38. The summed E-state index contributed by atoms with van der Waals surface area (Å²) in [5.74, 6) is 1.76. The van der Waals surface area contributed by atoms with Gasteiger partial charge in [-0.25, -0.2) is 0 Å². The molecule has 0 atom stereocenters. The van der Waals surface area contributed by atoms with E-state index in [1.807, 2.05) is 18.4 Å². The van der Waals surface area contributed by atoms with E-state index in [0.717, 1.165) is 28.4 Å². The summed E-state index contributed by atoms with van der Waals surface area (Å²) in [4.78, 5) is 1.08. The van der Waals surface area contributed by atoms with Gasteiger partial charge in [0.2, 0.25) is 0 Å². The third-order valence-corrected chi connectivity index (χ3v) is 2.96. The van der Waals surface area contributed by atoms with E-state index in [2.05, 4.69) is 0 Å². The minimum atomic E-state index is 0. The minimum Gasteiger partial charge on any atom is -0.496 e. The van der Waals surface area contributed by atoms with Gasteiger partial charge in [-0.05, 0) is 36.9 Å². The highest BCUT2D eigenvalue weighted by atomic mass is 35.5. The topological polar surface area (TPSA) is 44.5 Å². The Hall–Kier alpha value is -0.580. The molecule has 0 unspecified atom stereocenters. The van der Waals surface area contributed by atoms with Crippen molar-refractivity contribution in [3.63, 3.8) is 0 Å². The number of nitrogens with two attached hydrogens (primary N) is 1.